The van der Waals surface area contributed by atoms with Gasteiger partial charge in [-0.15, -0.1) is 0 Å². The molecular formula is C19H20O5S. The Morgan fingerprint density at radius 1 is 0.840 bits per heavy atom. The van der Waals surface area contributed by atoms with Gasteiger partial charge in [-0.25, -0.2) is 0 Å². The first-order valence-corrected chi connectivity index (χ1v) is 9.15. The van der Waals surface area contributed by atoms with Crippen molar-refractivity contribution in [1.82, 2.24) is 0 Å². The van der Waals surface area contributed by atoms with E-state index in [1.807, 2.05) is 60.7 Å². The fourth-order valence-corrected chi connectivity index (χ4v) is 4.17. The molecule has 0 aromatic heterocycles. The van der Waals surface area contributed by atoms with Crippen LogP contribution in [0.3, 0.4) is 0 Å². The second-order valence-corrected chi connectivity index (χ2v) is 7.30. The van der Waals surface area contributed by atoms with Crippen molar-refractivity contribution in [2.24, 2.45) is 0 Å². The first kappa shape index (κ1) is 17.0. The minimum Gasteiger partial charge on any atom is -0.387 e. The summed E-state index contributed by atoms with van der Waals surface area (Å²) in [7, 11) is 0. The third-order valence-electron chi connectivity index (χ3n) is 4.40. The van der Waals surface area contributed by atoms with E-state index in [9.17, 15) is 10.2 Å². The third-order valence-corrected chi connectivity index (χ3v) is 5.57. The SMILES string of the molecule is O[C@@H]1[C@@H](O)[C@@H](Sc2ccccc2)O[C@H]2CO[C@H](c3ccccc3)O[C@@H]12. The van der Waals surface area contributed by atoms with E-state index in [-0.39, 0.29) is 0 Å². The molecule has 25 heavy (non-hydrogen) atoms. The number of fused-ring (bicyclic) bond motifs is 1. The number of hydrogen-bond donors (Lipinski definition) is 2. The Morgan fingerprint density at radius 3 is 2.24 bits per heavy atom. The molecule has 2 saturated heterocycles. The van der Waals surface area contributed by atoms with Gasteiger partial charge in [0.05, 0.1) is 6.61 Å². The Labute approximate surface area is 150 Å². The molecule has 5 nitrogen and oxygen atoms in total. The highest BCUT2D eigenvalue weighted by Gasteiger charge is 2.49. The van der Waals surface area contributed by atoms with Gasteiger partial charge in [-0.05, 0) is 12.1 Å². The number of thioether (sulfide) groups is 1. The van der Waals surface area contributed by atoms with Crippen LogP contribution in [0.4, 0.5) is 0 Å². The van der Waals surface area contributed by atoms with E-state index in [0.29, 0.717) is 6.61 Å². The number of aliphatic hydroxyl groups is 2. The molecule has 0 amide bonds. The molecule has 2 aliphatic heterocycles. The number of hydrogen-bond acceptors (Lipinski definition) is 6. The lowest BCUT2D eigenvalue weighted by Gasteiger charge is -2.46. The van der Waals surface area contributed by atoms with E-state index in [1.165, 1.54) is 11.8 Å². The van der Waals surface area contributed by atoms with Gasteiger partial charge in [0.1, 0.15) is 29.9 Å². The Hall–Kier alpha value is -1.41. The molecule has 0 bridgehead atoms. The molecule has 4 rings (SSSR count). The molecule has 2 aromatic rings. The van der Waals surface area contributed by atoms with Crippen LogP contribution in [0.5, 0.6) is 0 Å². The smallest absolute Gasteiger partial charge is 0.184 e. The van der Waals surface area contributed by atoms with Crippen LogP contribution in [-0.2, 0) is 14.2 Å². The third kappa shape index (κ3) is 3.60. The second-order valence-electron chi connectivity index (χ2n) is 6.13. The molecule has 0 spiro atoms. The van der Waals surface area contributed by atoms with Crippen molar-refractivity contribution in [3.63, 3.8) is 0 Å². The van der Waals surface area contributed by atoms with Crippen molar-refractivity contribution in [2.75, 3.05) is 6.61 Å². The molecule has 0 radical (unpaired) electrons. The van der Waals surface area contributed by atoms with Crippen molar-refractivity contribution >= 4 is 11.8 Å². The summed E-state index contributed by atoms with van der Waals surface area (Å²) in [5, 5.41) is 21.0. The molecule has 2 heterocycles. The molecule has 0 saturated carbocycles. The molecule has 0 aliphatic carbocycles. The Morgan fingerprint density at radius 2 is 1.52 bits per heavy atom. The largest absolute Gasteiger partial charge is 0.387 e. The predicted molar refractivity (Wildman–Crippen MR) is 93.0 cm³/mol. The first-order valence-electron chi connectivity index (χ1n) is 8.28. The van der Waals surface area contributed by atoms with E-state index in [2.05, 4.69) is 0 Å². The maximum absolute atomic E-state index is 10.6. The van der Waals surface area contributed by atoms with Gasteiger partial charge in [0, 0.05) is 10.5 Å². The average molecular weight is 360 g/mol. The number of ether oxygens (including phenoxy) is 3. The summed E-state index contributed by atoms with van der Waals surface area (Å²) in [6.45, 7) is 0.305. The second kappa shape index (κ2) is 7.45. The van der Waals surface area contributed by atoms with Crippen molar-refractivity contribution in [3.8, 4) is 0 Å². The van der Waals surface area contributed by atoms with E-state index in [4.69, 9.17) is 14.2 Å². The maximum Gasteiger partial charge on any atom is 0.184 e. The Kier molecular flexibility index (Phi) is 5.08. The normalized spacial score (nSPS) is 35.1. The minimum absolute atomic E-state index is 0.305. The molecule has 6 heteroatoms. The van der Waals surface area contributed by atoms with Crippen LogP contribution in [0.1, 0.15) is 11.9 Å². The van der Waals surface area contributed by atoms with Crippen LogP contribution in [0.15, 0.2) is 65.6 Å². The van der Waals surface area contributed by atoms with Crippen LogP contribution in [0.2, 0.25) is 0 Å². The fraction of sp³-hybridized carbons (Fsp3) is 0.368. The minimum atomic E-state index is -1.04. The Bertz CT molecular complexity index is 681. The van der Waals surface area contributed by atoms with Crippen LogP contribution in [0.25, 0.3) is 0 Å². The highest BCUT2D eigenvalue weighted by Crippen LogP contribution is 2.38. The van der Waals surface area contributed by atoms with Gasteiger partial charge < -0.3 is 24.4 Å². The van der Waals surface area contributed by atoms with E-state index >= 15 is 0 Å². The highest BCUT2D eigenvalue weighted by molar-refractivity contribution is 7.99. The summed E-state index contributed by atoms with van der Waals surface area (Å²) in [6, 6.07) is 19.2. The van der Waals surface area contributed by atoms with E-state index in [0.717, 1.165) is 10.5 Å². The zero-order valence-electron chi connectivity index (χ0n) is 13.5. The van der Waals surface area contributed by atoms with Gasteiger partial charge in [0.2, 0.25) is 0 Å². The molecule has 0 unspecified atom stereocenters. The van der Waals surface area contributed by atoms with Crippen molar-refractivity contribution in [3.05, 3.63) is 66.2 Å². The quantitative estimate of drug-likeness (QED) is 0.876. The van der Waals surface area contributed by atoms with Gasteiger partial charge in [0.15, 0.2) is 6.29 Å². The van der Waals surface area contributed by atoms with Crippen molar-refractivity contribution in [1.29, 1.82) is 0 Å². The lowest BCUT2D eigenvalue weighted by atomic mass is 9.99. The molecule has 2 N–H and O–H groups in total. The van der Waals surface area contributed by atoms with Crippen molar-refractivity contribution in [2.45, 2.75) is 41.0 Å². The fourth-order valence-electron chi connectivity index (χ4n) is 3.09. The van der Waals surface area contributed by atoms with Crippen LogP contribution < -0.4 is 0 Å². The van der Waals surface area contributed by atoms with Crippen LogP contribution in [0, 0.1) is 0 Å². The van der Waals surface area contributed by atoms with Crippen molar-refractivity contribution < 1.29 is 24.4 Å². The predicted octanol–water partition coefficient (Wildman–Crippen LogP) is 2.34. The number of rotatable bonds is 3. The first-order chi connectivity index (χ1) is 12.2. The number of benzene rings is 2. The van der Waals surface area contributed by atoms with Crippen LogP contribution in [-0.4, -0.2) is 46.7 Å². The summed E-state index contributed by atoms with van der Waals surface area (Å²) in [6.07, 6.45) is -3.68. The van der Waals surface area contributed by atoms with Gasteiger partial charge in [0.25, 0.3) is 0 Å². The summed E-state index contributed by atoms with van der Waals surface area (Å²) >= 11 is 1.39. The van der Waals surface area contributed by atoms with Crippen LogP contribution >= 0.6 is 11.8 Å². The Balaban J connectivity index is 1.46. The molecule has 2 aliphatic rings. The summed E-state index contributed by atoms with van der Waals surface area (Å²) < 4.78 is 17.6. The van der Waals surface area contributed by atoms with Gasteiger partial charge in [-0.3, -0.25) is 0 Å². The lowest BCUT2D eigenvalue weighted by Crippen LogP contribution is -2.60. The molecule has 6 atom stereocenters. The van der Waals surface area contributed by atoms with Gasteiger partial charge >= 0.3 is 0 Å². The highest BCUT2D eigenvalue weighted by atomic mass is 32.2. The van der Waals surface area contributed by atoms with Gasteiger partial charge in [-0.2, -0.15) is 0 Å². The molecule has 2 aromatic carbocycles. The standard InChI is InChI=1S/C19H20O5S/c20-15-16(21)19(25-13-9-5-2-6-10-13)23-14-11-22-18(24-17(14)15)12-7-3-1-4-8-12/h1-10,14-21H,11H2/t14-,15+,16+,17+,18-,19+/m0/s1. The molecular weight excluding hydrogens is 340 g/mol. The number of aliphatic hydroxyl groups excluding tert-OH is 2. The summed E-state index contributed by atoms with van der Waals surface area (Å²) in [5.41, 5.74) is 0.308. The molecule has 2 fully saturated rings. The van der Waals surface area contributed by atoms with E-state index in [1.54, 1.807) is 0 Å². The topological polar surface area (TPSA) is 68.2 Å². The average Bonchev–Trinajstić information content (AvgIpc) is 2.67. The monoisotopic (exact) mass is 360 g/mol. The summed E-state index contributed by atoms with van der Waals surface area (Å²) in [5.74, 6) is 0. The van der Waals surface area contributed by atoms with E-state index < -0.39 is 36.1 Å². The van der Waals surface area contributed by atoms with Gasteiger partial charge in [-0.1, -0.05) is 60.3 Å². The zero-order chi connectivity index (χ0) is 17.2. The maximum atomic E-state index is 10.6. The lowest BCUT2D eigenvalue weighted by molar-refractivity contribution is -0.318. The molecule has 132 valence electrons. The zero-order valence-corrected chi connectivity index (χ0v) is 14.3. The summed E-state index contributed by atoms with van der Waals surface area (Å²) in [4.78, 5) is 0.969.